The fraction of sp³-hybridized carbons (Fsp3) is 0.320. The molecule has 3 heterocycles. The smallest absolute Gasteiger partial charge is 0.222 e. The standard InChI is InChI=1S/C25H30N8O/c1-18(17-32(4)26-2)19-7-5-8-20(15-19)24-28-16-21(22-10-13-31(3)30-22)25(29-24)27-11-14-33-12-6-9-23(33)34/h5,7-8,10,13,15-17H,2,6,9,11-12,14H2,1,3-4H3,(H,27,28,29)/b18-17+. The summed E-state index contributed by atoms with van der Waals surface area (Å²) < 4.78 is 1.75. The Bertz CT molecular complexity index is 1220. The Hall–Kier alpha value is -4.01. The molecule has 0 unspecified atom stereocenters. The van der Waals surface area contributed by atoms with E-state index in [2.05, 4.69) is 33.3 Å². The number of likely N-dealkylation sites (tertiary alicyclic amines) is 1. The summed E-state index contributed by atoms with van der Waals surface area (Å²) in [5.74, 6) is 1.53. The van der Waals surface area contributed by atoms with E-state index in [-0.39, 0.29) is 5.91 Å². The zero-order valence-corrected chi connectivity index (χ0v) is 19.9. The molecule has 0 aliphatic carbocycles. The fourth-order valence-electron chi connectivity index (χ4n) is 3.95. The van der Waals surface area contributed by atoms with Crippen molar-refractivity contribution in [1.29, 1.82) is 0 Å². The van der Waals surface area contributed by atoms with Gasteiger partial charge in [0.05, 0.1) is 11.3 Å². The first-order valence-electron chi connectivity index (χ1n) is 11.3. The molecule has 0 radical (unpaired) electrons. The van der Waals surface area contributed by atoms with Crippen LogP contribution in [-0.4, -0.2) is 69.0 Å². The summed E-state index contributed by atoms with van der Waals surface area (Å²) >= 11 is 0. The van der Waals surface area contributed by atoms with Gasteiger partial charge in [-0.2, -0.15) is 10.2 Å². The van der Waals surface area contributed by atoms with E-state index in [0.29, 0.717) is 31.2 Å². The number of rotatable bonds is 9. The molecular formula is C25H30N8O. The van der Waals surface area contributed by atoms with Gasteiger partial charge in [-0.25, -0.2) is 9.97 Å². The lowest BCUT2D eigenvalue weighted by atomic mass is 10.0. The maximum absolute atomic E-state index is 12.0. The van der Waals surface area contributed by atoms with E-state index in [1.54, 1.807) is 15.9 Å². The number of amides is 1. The number of hydrazone groups is 1. The maximum Gasteiger partial charge on any atom is 0.222 e. The molecule has 0 bridgehead atoms. The van der Waals surface area contributed by atoms with E-state index < -0.39 is 0 Å². The molecule has 2 aromatic heterocycles. The average molecular weight is 459 g/mol. The average Bonchev–Trinajstić information content (AvgIpc) is 3.46. The SMILES string of the molecule is C=NN(C)/C=C(\C)c1cccc(-c2ncc(-c3ccn(C)n3)c(NCCN3CCCC3=O)n2)c1. The minimum atomic E-state index is 0.215. The number of benzene rings is 1. The van der Waals surface area contributed by atoms with E-state index >= 15 is 0 Å². The largest absolute Gasteiger partial charge is 0.368 e. The molecule has 1 aliphatic heterocycles. The van der Waals surface area contributed by atoms with Gasteiger partial charge in [-0.1, -0.05) is 18.2 Å². The molecule has 0 spiro atoms. The van der Waals surface area contributed by atoms with E-state index in [0.717, 1.165) is 40.9 Å². The van der Waals surface area contributed by atoms with Crippen molar-refractivity contribution in [2.24, 2.45) is 12.1 Å². The minimum Gasteiger partial charge on any atom is -0.368 e. The van der Waals surface area contributed by atoms with Crippen molar-refractivity contribution in [3.63, 3.8) is 0 Å². The molecule has 4 rings (SSSR count). The summed E-state index contributed by atoms with van der Waals surface area (Å²) in [7, 11) is 3.72. The second kappa shape index (κ2) is 10.3. The molecule has 1 N–H and O–H groups in total. The van der Waals surface area contributed by atoms with Gasteiger partial charge in [0.15, 0.2) is 5.82 Å². The summed E-state index contributed by atoms with van der Waals surface area (Å²) in [6, 6.07) is 10.0. The molecule has 0 saturated carbocycles. The van der Waals surface area contributed by atoms with Crippen LogP contribution in [0.5, 0.6) is 0 Å². The van der Waals surface area contributed by atoms with Crippen LogP contribution in [0, 0.1) is 0 Å². The number of carbonyl (C=O) groups is 1. The highest BCUT2D eigenvalue weighted by molar-refractivity contribution is 5.78. The summed E-state index contributed by atoms with van der Waals surface area (Å²) in [4.78, 5) is 23.4. The third-order valence-electron chi connectivity index (χ3n) is 5.80. The number of hydrogen-bond acceptors (Lipinski definition) is 7. The van der Waals surface area contributed by atoms with Crippen LogP contribution in [0.4, 0.5) is 5.82 Å². The summed E-state index contributed by atoms with van der Waals surface area (Å²) in [5, 5.41) is 13.5. The number of hydrogen-bond donors (Lipinski definition) is 1. The van der Waals surface area contributed by atoms with Gasteiger partial charge in [0.2, 0.25) is 5.91 Å². The molecule has 176 valence electrons. The Balaban J connectivity index is 1.63. The van der Waals surface area contributed by atoms with Crippen molar-refractivity contribution in [2.45, 2.75) is 19.8 Å². The van der Waals surface area contributed by atoms with Gasteiger partial charge in [-0.3, -0.25) is 14.5 Å². The lowest BCUT2D eigenvalue weighted by Crippen LogP contribution is -2.30. The van der Waals surface area contributed by atoms with Gasteiger partial charge >= 0.3 is 0 Å². The predicted molar refractivity (Wildman–Crippen MR) is 135 cm³/mol. The molecule has 9 nitrogen and oxygen atoms in total. The first-order valence-corrected chi connectivity index (χ1v) is 11.3. The van der Waals surface area contributed by atoms with Crippen LogP contribution in [0.15, 0.2) is 54.0 Å². The molecular weight excluding hydrogens is 428 g/mol. The van der Waals surface area contributed by atoms with Crippen LogP contribution in [-0.2, 0) is 11.8 Å². The first-order chi connectivity index (χ1) is 16.4. The lowest BCUT2D eigenvalue weighted by Gasteiger charge is -2.17. The third kappa shape index (κ3) is 5.31. The summed E-state index contributed by atoms with van der Waals surface area (Å²) in [6.07, 6.45) is 7.18. The topological polar surface area (TPSA) is 91.5 Å². The van der Waals surface area contributed by atoms with Gasteiger partial charge in [0, 0.05) is 71.0 Å². The zero-order valence-electron chi connectivity index (χ0n) is 19.9. The molecule has 1 aliphatic rings. The third-order valence-corrected chi connectivity index (χ3v) is 5.80. The fourth-order valence-corrected chi connectivity index (χ4v) is 3.95. The number of aryl methyl sites for hydroxylation is 1. The van der Waals surface area contributed by atoms with Crippen molar-refractivity contribution < 1.29 is 4.79 Å². The molecule has 1 saturated heterocycles. The number of aromatic nitrogens is 4. The van der Waals surface area contributed by atoms with Gasteiger partial charge in [-0.15, -0.1) is 0 Å². The minimum absolute atomic E-state index is 0.215. The second-order valence-corrected chi connectivity index (χ2v) is 8.35. The Morgan fingerprint density at radius 1 is 1.35 bits per heavy atom. The van der Waals surface area contributed by atoms with Crippen LogP contribution >= 0.6 is 0 Å². The Morgan fingerprint density at radius 2 is 2.21 bits per heavy atom. The van der Waals surface area contributed by atoms with Gasteiger partial charge in [-0.05, 0) is 36.6 Å². The van der Waals surface area contributed by atoms with Crippen LogP contribution in [0.25, 0.3) is 28.2 Å². The van der Waals surface area contributed by atoms with E-state index in [9.17, 15) is 4.79 Å². The van der Waals surface area contributed by atoms with E-state index in [1.165, 1.54) is 0 Å². The maximum atomic E-state index is 12.0. The predicted octanol–water partition coefficient (Wildman–Crippen LogP) is 3.49. The van der Waals surface area contributed by atoms with Gasteiger partial charge < -0.3 is 10.2 Å². The van der Waals surface area contributed by atoms with Crippen molar-refractivity contribution in [1.82, 2.24) is 29.7 Å². The van der Waals surface area contributed by atoms with Crippen molar-refractivity contribution >= 4 is 24.0 Å². The highest BCUT2D eigenvalue weighted by Gasteiger charge is 2.20. The summed E-state index contributed by atoms with van der Waals surface area (Å²) in [5.41, 5.74) is 4.62. The molecule has 1 fully saturated rings. The van der Waals surface area contributed by atoms with Crippen molar-refractivity contribution in [3.05, 3.63) is 54.5 Å². The van der Waals surface area contributed by atoms with Crippen LogP contribution in [0.1, 0.15) is 25.3 Å². The quantitative estimate of drug-likeness (QED) is 0.390. The molecule has 3 aromatic rings. The zero-order chi connectivity index (χ0) is 24.1. The number of nitrogens with one attached hydrogen (secondary N) is 1. The number of anilines is 1. The molecule has 0 atom stereocenters. The highest BCUT2D eigenvalue weighted by atomic mass is 16.2. The monoisotopic (exact) mass is 458 g/mol. The Labute approximate surface area is 199 Å². The van der Waals surface area contributed by atoms with Gasteiger partial charge in [0.25, 0.3) is 0 Å². The number of allylic oxidation sites excluding steroid dienone is 1. The molecule has 1 aromatic carbocycles. The summed E-state index contributed by atoms with van der Waals surface area (Å²) in [6.45, 7) is 7.64. The van der Waals surface area contributed by atoms with E-state index in [4.69, 9.17) is 4.98 Å². The number of nitrogens with zero attached hydrogens (tertiary/aromatic N) is 7. The first kappa shape index (κ1) is 23.2. The lowest BCUT2D eigenvalue weighted by molar-refractivity contribution is -0.127. The van der Waals surface area contributed by atoms with Crippen molar-refractivity contribution in [3.8, 4) is 22.6 Å². The van der Waals surface area contributed by atoms with Crippen LogP contribution in [0.2, 0.25) is 0 Å². The van der Waals surface area contributed by atoms with Crippen LogP contribution in [0.3, 0.4) is 0 Å². The molecule has 9 heteroatoms. The number of carbonyl (C=O) groups excluding carboxylic acids is 1. The van der Waals surface area contributed by atoms with Crippen molar-refractivity contribution in [2.75, 3.05) is 32.0 Å². The molecule has 34 heavy (non-hydrogen) atoms. The normalized spacial score (nSPS) is 13.9. The van der Waals surface area contributed by atoms with Gasteiger partial charge in [0.1, 0.15) is 5.82 Å². The highest BCUT2D eigenvalue weighted by Crippen LogP contribution is 2.28. The van der Waals surface area contributed by atoms with E-state index in [1.807, 2.05) is 62.6 Å². The van der Waals surface area contributed by atoms with Crippen LogP contribution < -0.4 is 5.32 Å². The molecule has 1 amide bonds. The Kier molecular flexibility index (Phi) is 7.01. The Morgan fingerprint density at radius 3 is 2.91 bits per heavy atom. The second-order valence-electron chi connectivity index (χ2n) is 8.35.